The van der Waals surface area contributed by atoms with Crippen molar-refractivity contribution in [1.29, 1.82) is 0 Å². The van der Waals surface area contributed by atoms with Crippen molar-refractivity contribution >= 4 is 28.9 Å². The number of azo groups is 1. The Morgan fingerprint density at radius 2 is 1.95 bits per heavy atom. The van der Waals surface area contributed by atoms with Gasteiger partial charge in [0.25, 0.3) is 0 Å². The van der Waals surface area contributed by atoms with Crippen LogP contribution in [0.25, 0.3) is 0 Å². The Balaban J connectivity index is 2.26. The summed E-state index contributed by atoms with van der Waals surface area (Å²) in [6, 6.07) is 9.72. The van der Waals surface area contributed by atoms with E-state index < -0.39 is 5.97 Å². The molecular weight excluding hydrogens is 292 g/mol. The van der Waals surface area contributed by atoms with Gasteiger partial charge < -0.3 is 10.2 Å². The van der Waals surface area contributed by atoms with Gasteiger partial charge in [-0.15, -0.1) is 0 Å². The van der Waals surface area contributed by atoms with Gasteiger partial charge in [-0.3, -0.25) is 4.79 Å². The van der Waals surface area contributed by atoms with Gasteiger partial charge in [0.2, 0.25) is 0 Å². The number of phenols is 1. The SMILES string of the molecule is Cc1cc(Cl)ccc1N=Nc1ccc(O)c(CC(=O)O)c1. The van der Waals surface area contributed by atoms with Gasteiger partial charge in [0.15, 0.2) is 0 Å². The minimum Gasteiger partial charge on any atom is -0.508 e. The molecule has 2 aromatic rings. The number of aromatic hydroxyl groups is 1. The van der Waals surface area contributed by atoms with Crippen LogP contribution in [0.2, 0.25) is 5.02 Å². The highest BCUT2D eigenvalue weighted by atomic mass is 35.5. The fourth-order valence-corrected chi connectivity index (χ4v) is 2.01. The molecule has 6 heteroatoms. The topological polar surface area (TPSA) is 82.2 Å². The number of aryl methyl sites for hydroxylation is 1. The molecule has 0 unspecified atom stereocenters. The van der Waals surface area contributed by atoms with Crippen molar-refractivity contribution in [3.05, 3.63) is 52.5 Å². The van der Waals surface area contributed by atoms with Crippen molar-refractivity contribution in [2.75, 3.05) is 0 Å². The maximum absolute atomic E-state index is 10.7. The molecule has 5 nitrogen and oxygen atoms in total. The van der Waals surface area contributed by atoms with E-state index in [1.54, 1.807) is 24.3 Å². The summed E-state index contributed by atoms with van der Waals surface area (Å²) >= 11 is 5.87. The lowest BCUT2D eigenvalue weighted by molar-refractivity contribution is -0.136. The van der Waals surface area contributed by atoms with Gasteiger partial charge in [0, 0.05) is 10.6 Å². The molecule has 108 valence electrons. The van der Waals surface area contributed by atoms with Crippen molar-refractivity contribution in [3.63, 3.8) is 0 Å². The molecule has 0 atom stereocenters. The monoisotopic (exact) mass is 304 g/mol. The summed E-state index contributed by atoms with van der Waals surface area (Å²) in [6.45, 7) is 1.87. The summed E-state index contributed by atoms with van der Waals surface area (Å²) in [7, 11) is 0. The number of hydrogen-bond acceptors (Lipinski definition) is 4. The Morgan fingerprint density at radius 1 is 1.19 bits per heavy atom. The summed E-state index contributed by atoms with van der Waals surface area (Å²) in [4.78, 5) is 10.7. The molecule has 0 aliphatic carbocycles. The number of benzene rings is 2. The summed E-state index contributed by atoms with van der Waals surface area (Å²) in [6.07, 6.45) is -0.269. The van der Waals surface area contributed by atoms with Gasteiger partial charge in [-0.2, -0.15) is 10.2 Å². The van der Waals surface area contributed by atoms with Crippen molar-refractivity contribution in [3.8, 4) is 5.75 Å². The number of carboxylic acids is 1. The van der Waals surface area contributed by atoms with E-state index in [4.69, 9.17) is 16.7 Å². The van der Waals surface area contributed by atoms with Crippen molar-refractivity contribution < 1.29 is 15.0 Å². The molecule has 2 rings (SSSR count). The predicted octanol–water partition coefficient (Wildman–Crippen LogP) is 4.40. The van der Waals surface area contributed by atoms with Crippen LogP contribution in [-0.4, -0.2) is 16.2 Å². The zero-order chi connectivity index (χ0) is 15.4. The van der Waals surface area contributed by atoms with Gasteiger partial charge in [0.05, 0.1) is 17.8 Å². The van der Waals surface area contributed by atoms with Gasteiger partial charge >= 0.3 is 5.97 Å². The average Bonchev–Trinajstić information content (AvgIpc) is 2.40. The Hall–Kier alpha value is -2.40. The minimum absolute atomic E-state index is 0.0703. The van der Waals surface area contributed by atoms with E-state index in [-0.39, 0.29) is 12.2 Å². The summed E-state index contributed by atoms with van der Waals surface area (Å²) in [5, 5.41) is 27.2. The van der Waals surface area contributed by atoms with E-state index in [0.29, 0.717) is 22.0 Å². The van der Waals surface area contributed by atoms with Crippen molar-refractivity contribution in [1.82, 2.24) is 0 Å². The molecule has 0 amide bonds. The second-order valence-electron chi connectivity index (χ2n) is 4.51. The maximum atomic E-state index is 10.7. The van der Waals surface area contributed by atoms with Crippen LogP contribution < -0.4 is 0 Å². The number of nitrogens with zero attached hydrogens (tertiary/aromatic N) is 2. The van der Waals surface area contributed by atoms with Crippen LogP contribution in [0.4, 0.5) is 11.4 Å². The van der Waals surface area contributed by atoms with Crippen LogP contribution >= 0.6 is 11.6 Å². The lowest BCUT2D eigenvalue weighted by Gasteiger charge is -2.03. The van der Waals surface area contributed by atoms with Crippen molar-refractivity contribution in [2.24, 2.45) is 10.2 Å². The number of phenolic OH excluding ortho intramolecular Hbond substituents is 1. The van der Waals surface area contributed by atoms with Crippen LogP contribution in [0.1, 0.15) is 11.1 Å². The van der Waals surface area contributed by atoms with Gasteiger partial charge in [-0.1, -0.05) is 11.6 Å². The van der Waals surface area contributed by atoms with Crippen LogP contribution in [0.5, 0.6) is 5.75 Å². The molecule has 0 bridgehead atoms. The Bertz CT molecular complexity index is 714. The summed E-state index contributed by atoms with van der Waals surface area (Å²) in [5.41, 5.74) is 2.33. The first-order chi connectivity index (χ1) is 9.95. The molecular formula is C15H13ClN2O3. The zero-order valence-corrected chi connectivity index (χ0v) is 12.0. The highest BCUT2D eigenvalue weighted by Gasteiger charge is 2.07. The average molecular weight is 305 g/mol. The predicted molar refractivity (Wildman–Crippen MR) is 79.8 cm³/mol. The van der Waals surface area contributed by atoms with E-state index in [2.05, 4.69) is 10.2 Å². The third-order valence-corrected chi connectivity index (χ3v) is 3.07. The molecule has 0 saturated heterocycles. The maximum Gasteiger partial charge on any atom is 0.307 e. The highest BCUT2D eigenvalue weighted by Crippen LogP contribution is 2.27. The Kier molecular flexibility index (Phi) is 4.55. The lowest BCUT2D eigenvalue weighted by Crippen LogP contribution is -1.99. The first-order valence-electron chi connectivity index (χ1n) is 6.17. The van der Waals surface area contributed by atoms with Crippen molar-refractivity contribution in [2.45, 2.75) is 13.3 Å². The molecule has 0 aliphatic heterocycles. The Morgan fingerprint density at radius 3 is 2.62 bits per heavy atom. The van der Waals surface area contributed by atoms with E-state index in [1.165, 1.54) is 12.1 Å². The molecule has 2 N–H and O–H groups in total. The number of aliphatic carboxylic acids is 1. The van der Waals surface area contributed by atoms with Crippen LogP contribution in [-0.2, 0) is 11.2 Å². The van der Waals surface area contributed by atoms with Gasteiger partial charge in [0.1, 0.15) is 5.75 Å². The molecule has 2 aromatic carbocycles. The number of hydrogen-bond donors (Lipinski definition) is 2. The van der Waals surface area contributed by atoms with Crippen LogP contribution in [0.15, 0.2) is 46.6 Å². The molecule has 21 heavy (non-hydrogen) atoms. The lowest BCUT2D eigenvalue weighted by atomic mass is 10.1. The van der Waals surface area contributed by atoms with E-state index in [0.717, 1.165) is 5.56 Å². The molecule has 0 radical (unpaired) electrons. The quantitative estimate of drug-likeness (QED) is 0.821. The smallest absolute Gasteiger partial charge is 0.307 e. The second-order valence-corrected chi connectivity index (χ2v) is 4.95. The number of carbonyl (C=O) groups is 1. The zero-order valence-electron chi connectivity index (χ0n) is 11.2. The first kappa shape index (κ1) is 15.0. The molecule has 0 aromatic heterocycles. The molecule has 0 spiro atoms. The third kappa shape index (κ3) is 4.03. The van der Waals surface area contributed by atoms with Crippen LogP contribution in [0, 0.1) is 6.92 Å². The number of halogens is 1. The van der Waals surface area contributed by atoms with Gasteiger partial charge in [-0.05, 0) is 48.9 Å². The normalized spacial score (nSPS) is 11.0. The van der Waals surface area contributed by atoms with E-state index in [9.17, 15) is 9.90 Å². The molecule has 0 fully saturated rings. The number of carboxylic acid groups (broad SMARTS) is 1. The third-order valence-electron chi connectivity index (χ3n) is 2.84. The minimum atomic E-state index is -1.02. The van der Waals surface area contributed by atoms with E-state index in [1.807, 2.05) is 6.92 Å². The molecule has 0 heterocycles. The summed E-state index contributed by atoms with van der Waals surface area (Å²) < 4.78 is 0. The molecule has 0 saturated carbocycles. The molecule has 0 aliphatic rings. The van der Waals surface area contributed by atoms with Gasteiger partial charge in [-0.25, -0.2) is 0 Å². The first-order valence-corrected chi connectivity index (χ1v) is 6.55. The highest BCUT2D eigenvalue weighted by molar-refractivity contribution is 6.30. The fraction of sp³-hybridized carbons (Fsp3) is 0.133. The standard InChI is InChI=1S/C15H13ClN2O3/c1-9-6-11(16)2-4-13(9)18-17-12-3-5-14(19)10(7-12)8-15(20)21/h2-7,19H,8H2,1H3,(H,20,21). The van der Waals surface area contributed by atoms with Crippen LogP contribution in [0.3, 0.4) is 0 Å². The number of rotatable bonds is 4. The van der Waals surface area contributed by atoms with E-state index >= 15 is 0 Å². The summed E-state index contributed by atoms with van der Waals surface area (Å²) in [5.74, 6) is -1.09. The Labute approximate surface area is 126 Å². The second kappa shape index (κ2) is 6.37. The largest absolute Gasteiger partial charge is 0.508 e. The fourth-order valence-electron chi connectivity index (χ4n) is 1.78.